The number of likely N-dealkylation sites (tertiary alicyclic amines) is 1. The van der Waals surface area contributed by atoms with Crippen molar-refractivity contribution in [2.75, 3.05) is 13.2 Å². The van der Waals surface area contributed by atoms with Crippen LogP contribution in [0, 0.1) is 5.92 Å². The van der Waals surface area contributed by atoms with Gasteiger partial charge in [-0.2, -0.15) is 0 Å². The van der Waals surface area contributed by atoms with Gasteiger partial charge in [-0.25, -0.2) is 0 Å². The van der Waals surface area contributed by atoms with Crippen LogP contribution in [0.5, 0.6) is 0 Å². The Morgan fingerprint density at radius 1 is 1.44 bits per heavy atom. The lowest BCUT2D eigenvalue weighted by atomic mass is 10.1. The molecule has 1 amide bonds. The molecule has 1 aliphatic rings. The average Bonchev–Trinajstić information content (AvgIpc) is 2.71. The highest BCUT2D eigenvalue weighted by molar-refractivity contribution is 5.79. The van der Waals surface area contributed by atoms with Crippen molar-refractivity contribution in [3.8, 4) is 0 Å². The predicted octanol–water partition coefficient (Wildman–Crippen LogP) is 2.57. The van der Waals surface area contributed by atoms with Gasteiger partial charge in [0.25, 0.3) is 0 Å². The first-order valence-electron chi connectivity index (χ1n) is 5.62. The molecule has 1 aliphatic heterocycles. The van der Waals surface area contributed by atoms with Crippen molar-refractivity contribution in [3.63, 3.8) is 0 Å². The summed E-state index contributed by atoms with van der Waals surface area (Å²) >= 11 is 0. The summed E-state index contributed by atoms with van der Waals surface area (Å²) in [4.78, 5) is 13.5. The fraction of sp³-hybridized carbons (Fsp3) is 0.462. The molecule has 86 valence electrons. The maximum absolute atomic E-state index is 12.5. The van der Waals surface area contributed by atoms with Crippen LogP contribution in [-0.4, -0.2) is 24.0 Å². The lowest BCUT2D eigenvalue weighted by Gasteiger charge is -2.25. The molecular formula is C13H16FNO. The van der Waals surface area contributed by atoms with Crippen molar-refractivity contribution in [2.45, 2.75) is 19.4 Å². The molecule has 0 saturated carbocycles. The maximum atomic E-state index is 12.5. The normalized spacial score (nSPS) is 22.5. The van der Waals surface area contributed by atoms with E-state index in [-0.39, 0.29) is 17.9 Å². The van der Waals surface area contributed by atoms with Crippen molar-refractivity contribution in [3.05, 3.63) is 35.9 Å². The third-order valence-corrected chi connectivity index (χ3v) is 3.21. The minimum Gasteiger partial charge on any atom is -0.336 e. The van der Waals surface area contributed by atoms with Crippen LogP contribution in [-0.2, 0) is 4.79 Å². The Balaban J connectivity index is 2.11. The van der Waals surface area contributed by atoms with E-state index in [2.05, 4.69) is 0 Å². The smallest absolute Gasteiger partial charge is 0.223 e. The fourth-order valence-corrected chi connectivity index (χ4v) is 2.20. The molecule has 0 N–H and O–H groups in total. The van der Waals surface area contributed by atoms with E-state index >= 15 is 0 Å². The largest absolute Gasteiger partial charge is 0.336 e. The van der Waals surface area contributed by atoms with Crippen LogP contribution in [0.25, 0.3) is 0 Å². The second kappa shape index (κ2) is 4.64. The number of carbonyl (C=O) groups is 1. The van der Waals surface area contributed by atoms with Crippen LogP contribution in [0.3, 0.4) is 0 Å². The minimum absolute atomic E-state index is 0.0465. The molecule has 0 aromatic heterocycles. The summed E-state index contributed by atoms with van der Waals surface area (Å²) < 4.78 is 12.5. The topological polar surface area (TPSA) is 20.3 Å². The third-order valence-electron chi connectivity index (χ3n) is 3.21. The summed E-state index contributed by atoms with van der Waals surface area (Å²) in [6, 6.07) is 9.91. The Kier molecular flexibility index (Phi) is 3.22. The van der Waals surface area contributed by atoms with Crippen molar-refractivity contribution in [2.24, 2.45) is 5.92 Å². The SMILES string of the molecule is C[C@H](c1ccccc1)N1C[C@H](CF)CC1=O. The summed E-state index contributed by atoms with van der Waals surface area (Å²) in [5, 5.41) is 0. The zero-order chi connectivity index (χ0) is 11.5. The van der Waals surface area contributed by atoms with Gasteiger partial charge in [0.1, 0.15) is 0 Å². The maximum Gasteiger partial charge on any atom is 0.223 e. The van der Waals surface area contributed by atoms with Crippen molar-refractivity contribution in [1.82, 2.24) is 4.90 Å². The molecule has 16 heavy (non-hydrogen) atoms. The highest BCUT2D eigenvalue weighted by Gasteiger charge is 2.32. The van der Waals surface area contributed by atoms with Crippen LogP contribution in [0.2, 0.25) is 0 Å². The third kappa shape index (κ3) is 2.08. The van der Waals surface area contributed by atoms with Crippen LogP contribution >= 0.6 is 0 Å². The average molecular weight is 221 g/mol. The molecule has 0 aliphatic carbocycles. The molecule has 2 nitrogen and oxygen atoms in total. The molecular weight excluding hydrogens is 205 g/mol. The van der Waals surface area contributed by atoms with E-state index in [1.54, 1.807) is 4.90 Å². The van der Waals surface area contributed by atoms with Crippen molar-refractivity contribution < 1.29 is 9.18 Å². The van der Waals surface area contributed by atoms with E-state index in [1.807, 2.05) is 37.3 Å². The molecule has 1 aromatic carbocycles. The second-order valence-electron chi connectivity index (χ2n) is 4.36. The number of halogens is 1. The summed E-state index contributed by atoms with van der Waals surface area (Å²) in [6.45, 7) is 2.14. The summed E-state index contributed by atoms with van der Waals surface area (Å²) in [6.07, 6.45) is 0.355. The van der Waals surface area contributed by atoms with Gasteiger partial charge in [0.05, 0.1) is 12.7 Å². The number of amides is 1. The molecule has 1 aromatic rings. The zero-order valence-corrected chi connectivity index (χ0v) is 9.40. The first-order chi connectivity index (χ1) is 7.72. The first-order valence-corrected chi connectivity index (χ1v) is 5.62. The van der Waals surface area contributed by atoms with E-state index in [0.717, 1.165) is 5.56 Å². The van der Waals surface area contributed by atoms with Crippen LogP contribution < -0.4 is 0 Å². The van der Waals surface area contributed by atoms with Gasteiger partial charge in [-0.15, -0.1) is 0 Å². The summed E-state index contributed by atoms with van der Waals surface area (Å²) in [7, 11) is 0. The summed E-state index contributed by atoms with van der Waals surface area (Å²) in [5.41, 5.74) is 1.11. The van der Waals surface area contributed by atoms with Gasteiger partial charge >= 0.3 is 0 Å². The number of carbonyl (C=O) groups excluding carboxylic acids is 1. The quantitative estimate of drug-likeness (QED) is 0.768. The molecule has 1 saturated heterocycles. The van der Waals surface area contributed by atoms with Gasteiger partial charge in [0, 0.05) is 18.9 Å². The Hall–Kier alpha value is -1.38. The molecule has 1 fully saturated rings. The van der Waals surface area contributed by atoms with Gasteiger partial charge in [-0.3, -0.25) is 9.18 Å². The molecule has 1 heterocycles. The molecule has 0 unspecified atom stereocenters. The standard InChI is InChI=1S/C13H16FNO/c1-10(12-5-3-2-4-6-12)15-9-11(8-14)7-13(15)16/h2-6,10-11H,7-9H2,1H3/t10-,11+/m1/s1. The Morgan fingerprint density at radius 3 is 2.69 bits per heavy atom. The number of alkyl halides is 1. The van der Waals surface area contributed by atoms with Gasteiger partial charge in [0.2, 0.25) is 5.91 Å². The van der Waals surface area contributed by atoms with Gasteiger partial charge in [-0.1, -0.05) is 30.3 Å². The van der Waals surface area contributed by atoms with E-state index in [9.17, 15) is 9.18 Å². The summed E-state index contributed by atoms with van der Waals surface area (Å²) in [5.74, 6) is -0.0438. The van der Waals surface area contributed by atoms with Crippen molar-refractivity contribution >= 4 is 5.91 Å². The number of benzene rings is 1. The molecule has 3 heteroatoms. The van der Waals surface area contributed by atoms with Crippen LogP contribution in [0.1, 0.15) is 24.9 Å². The Morgan fingerprint density at radius 2 is 2.12 bits per heavy atom. The van der Waals surface area contributed by atoms with Crippen molar-refractivity contribution in [1.29, 1.82) is 0 Å². The molecule has 0 bridgehead atoms. The van der Waals surface area contributed by atoms with Gasteiger partial charge < -0.3 is 4.90 Å². The molecule has 2 atom stereocenters. The highest BCUT2D eigenvalue weighted by atomic mass is 19.1. The number of nitrogens with zero attached hydrogens (tertiary/aromatic N) is 1. The monoisotopic (exact) mass is 221 g/mol. The van der Waals surface area contributed by atoms with E-state index in [1.165, 1.54) is 0 Å². The predicted molar refractivity (Wildman–Crippen MR) is 60.7 cm³/mol. The van der Waals surface area contributed by atoms with Crippen LogP contribution in [0.15, 0.2) is 30.3 Å². The number of rotatable bonds is 3. The van der Waals surface area contributed by atoms with Gasteiger partial charge in [-0.05, 0) is 12.5 Å². The van der Waals surface area contributed by atoms with Gasteiger partial charge in [0.15, 0.2) is 0 Å². The molecule has 2 rings (SSSR count). The molecule has 0 radical (unpaired) electrons. The Bertz CT molecular complexity index is 365. The lowest BCUT2D eigenvalue weighted by molar-refractivity contribution is -0.129. The Labute approximate surface area is 95.1 Å². The van der Waals surface area contributed by atoms with E-state index in [4.69, 9.17) is 0 Å². The molecule has 0 spiro atoms. The number of hydrogen-bond donors (Lipinski definition) is 0. The fourth-order valence-electron chi connectivity index (χ4n) is 2.20. The van der Waals surface area contributed by atoms with E-state index < -0.39 is 6.67 Å². The zero-order valence-electron chi connectivity index (χ0n) is 9.40. The first kappa shape index (κ1) is 11.1. The highest BCUT2D eigenvalue weighted by Crippen LogP contribution is 2.28. The van der Waals surface area contributed by atoms with E-state index in [0.29, 0.717) is 13.0 Å². The number of hydrogen-bond acceptors (Lipinski definition) is 1. The van der Waals surface area contributed by atoms with Crippen LogP contribution in [0.4, 0.5) is 4.39 Å². The lowest BCUT2D eigenvalue weighted by Crippen LogP contribution is -2.28. The minimum atomic E-state index is -0.399. The second-order valence-corrected chi connectivity index (χ2v) is 4.36.